The highest BCUT2D eigenvalue weighted by molar-refractivity contribution is 7.47. The first-order chi connectivity index (χ1) is 49.7. The maximum Gasteiger partial charge on any atom is 0.472 e. The Morgan fingerprint density at radius 2 is 0.466 bits per heavy atom. The molecule has 0 aliphatic heterocycles. The van der Waals surface area contributed by atoms with Crippen molar-refractivity contribution in [2.45, 2.75) is 453 Å². The number of rotatable bonds is 81. The van der Waals surface area contributed by atoms with Gasteiger partial charge in [0, 0.05) is 25.7 Å². The van der Waals surface area contributed by atoms with E-state index in [1.165, 1.54) is 231 Å². The van der Waals surface area contributed by atoms with Gasteiger partial charge in [-0.2, -0.15) is 0 Å². The monoisotopic (exact) mass is 1510 g/mol. The molecule has 0 aliphatic carbocycles. The van der Waals surface area contributed by atoms with Crippen molar-refractivity contribution in [3.05, 3.63) is 0 Å². The highest BCUT2D eigenvalue weighted by atomic mass is 31.2. The molecule has 0 heterocycles. The van der Waals surface area contributed by atoms with Crippen molar-refractivity contribution < 1.29 is 80.2 Å². The fraction of sp³-hybridized carbons (Fsp3) is 0.952. The normalized spacial score (nSPS) is 14.5. The molecule has 19 heteroatoms. The van der Waals surface area contributed by atoms with Crippen LogP contribution in [0.4, 0.5) is 0 Å². The van der Waals surface area contributed by atoms with Crippen LogP contribution in [-0.2, 0) is 65.4 Å². The summed E-state index contributed by atoms with van der Waals surface area (Å²) >= 11 is 0. The number of phosphoric acid groups is 2. The quantitative estimate of drug-likeness (QED) is 0.0222. The van der Waals surface area contributed by atoms with Crippen LogP contribution in [-0.4, -0.2) is 96.7 Å². The van der Waals surface area contributed by atoms with Crippen molar-refractivity contribution in [3.8, 4) is 0 Å². The third kappa shape index (κ3) is 75.3. The lowest BCUT2D eigenvalue weighted by Crippen LogP contribution is -2.30. The second-order valence-corrected chi connectivity index (χ2v) is 34.6. The van der Waals surface area contributed by atoms with Gasteiger partial charge in [0.15, 0.2) is 12.2 Å². The molecule has 0 saturated heterocycles. The Labute approximate surface area is 632 Å². The van der Waals surface area contributed by atoms with Crippen molar-refractivity contribution in [1.29, 1.82) is 0 Å². The molecule has 0 aromatic carbocycles. The van der Waals surface area contributed by atoms with E-state index in [1.807, 2.05) is 0 Å². The van der Waals surface area contributed by atoms with Crippen molar-refractivity contribution >= 4 is 39.5 Å². The van der Waals surface area contributed by atoms with E-state index in [2.05, 4.69) is 55.4 Å². The lowest BCUT2D eigenvalue weighted by atomic mass is 9.99. The molecule has 612 valence electrons. The van der Waals surface area contributed by atoms with Crippen LogP contribution in [0, 0.1) is 23.7 Å². The van der Waals surface area contributed by atoms with Crippen molar-refractivity contribution in [2.24, 2.45) is 23.7 Å². The second kappa shape index (κ2) is 72.9. The molecule has 103 heavy (non-hydrogen) atoms. The Bertz CT molecular complexity index is 2010. The highest BCUT2D eigenvalue weighted by Gasteiger charge is 2.30. The van der Waals surface area contributed by atoms with Crippen LogP contribution < -0.4 is 0 Å². The summed E-state index contributed by atoms with van der Waals surface area (Å²) in [5.41, 5.74) is 0. The molecule has 0 aliphatic rings. The molecule has 0 amide bonds. The zero-order valence-corrected chi connectivity index (χ0v) is 69.7. The van der Waals surface area contributed by atoms with Gasteiger partial charge < -0.3 is 33.8 Å². The molecule has 3 N–H and O–H groups in total. The molecule has 7 atom stereocenters. The number of hydrogen-bond acceptors (Lipinski definition) is 15. The van der Waals surface area contributed by atoms with Gasteiger partial charge >= 0.3 is 39.5 Å². The predicted octanol–water partition coefficient (Wildman–Crippen LogP) is 25.2. The zero-order chi connectivity index (χ0) is 76.0. The number of aliphatic hydroxyl groups excluding tert-OH is 1. The molecule has 0 radical (unpaired) electrons. The van der Waals surface area contributed by atoms with Gasteiger partial charge in [-0.15, -0.1) is 0 Å². The van der Waals surface area contributed by atoms with E-state index in [0.717, 1.165) is 120 Å². The molecular weight excluding hydrogens is 1340 g/mol. The van der Waals surface area contributed by atoms with Crippen molar-refractivity contribution in [1.82, 2.24) is 0 Å². The summed E-state index contributed by atoms with van der Waals surface area (Å²) in [4.78, 5) is 73.1. The first-order valence-corrected chi connectivity index (χ1v) is 46.3. The molecule has 0 aromatic rings. The Balaban J connectivity index is 5.21. The van der Waals surface area contributed by atoms with Gasteiger partial charge in [-0.1, -0.05) is 383 Å². The topological polar surface area (TPSA) is 237 Å². The third-order valence-corrected chi connectivity index (χ3v) is 22.2. The SMILES string of the molecule is CCC(C)CCCCCCCCCCCCCCCCCCCCC(=O)OC[C@H](COP(=O)(O)OC[C@@H](O)COP(=O)(O)OC[C@@H](COC(=O)CCCCCCCCC(C)CC)OC(=O)CCCCCCCCCCCCCCCC(C)C)OC(=O)CCCCCCCCCCCCCCC(C)C. The minimum Gasteiger partial charge on any atom is -0.462 e. The molecule has 0 fully saturated rings. The van der Waals surface area contributed by atoms with E-state index in [1.54, 1.807) is 0 Å². The van der Waals surface area contributed by atoms with Crippen molar-refractivity contribution in [2.75, 3.05) is 39.6 Å². The summed E-state index contributed by atoms with van der Waals surface area (Å²) < 4.78 is 68.8. The number of aliphatic hydroxyl groups is 1. The van der Waals surface area contributed by atoms with Crippen LogP contribution in [0.25, 0.3) is 0 Å². The smallest absolute Gasteiger partial charge is 0.462 e. The first-order valence-electron chi connectivity index (χ1n) is 43.3. The van der Waals surface area contributed by atoms with Crippen LogP contribution in [0.5, 0.6) is 0 Å². The number of esters is 4. The molecule has 0 bridgehead atoms. The van der Waals surface area contributed by atoms with Gasteiger partial charge in [0.25, 0.3) is 0 Å². The lowest BCUT2D eigenvalue weighted by molar-refractivity contribution is -0.161. The maximum absolute atomic E-state index is 13.1. The molecule has 4 unspecified atom stereocenters. The molecule has 17 nitrogen and oxygen atoms in total. The molecule has 0 aromatic heterocycles. The third-order valence-electron chi connectivity index (χ3n) is 20.3. The fourth-order valence-corrected chi connectivity index (χ4v) is 14.5. The number of hydrogen-bond donors (Lipinski definition) is 3. The zero-order valence-electron chi connectivity index (χ0n) is 68.0. The summed E-state index contributed by atoms with van der Waals surface area (Å²) in [6.07, 6.45) is 61.1. The number of phosphoric ester groups is 2. The van der Waals surface area contributed by atoms with Gasteiger partial charge in [-0.3, -0.25) is 37.3 Å². The minimum absolute atomic E-state index is 0.106. The minimum atomic E-state index is -4.96. The summed E-state index contributed by atoms with van der Waals surface area (Å²) in [7, 11) is -9.93. The average molecular weight is 1510 g/mol. The van der Waals surface area contributed by atoms with E-state index in [0.29, 0.717) is 25.7 Å². The van der Waals surface area contributed by atoms with E-state index in [4.69, 9.17) is 37.0 Å². The van der Waals surface area contributed by atoms with Crippen LogP contribution >= 0.6 is 15.6 Å². The standard InChI is InChI=1S/C84H164O17P2/c1-9-76(7)62-54-46-38-32-26-19-15-13-11-12-14-16-20-27-33-39-48-56-64-81(86)94-70-79(100-83(88)67-59-51-41-35-29-23-22-25-31-37-45-53-61-75(5)6)72-98-102(90,91)96-68-78(85)69-97-103(92,93)99-73-80(71-95-82(87)65-57-49-43-42-47-55-63-77(8)10-2)101-84(89)66-58-50-40-34-28-21-17-18-24-30-36-44-52-60-74(3)4/h74-80,85H,9-73H2,1-8H3,(H,90,91)(H,92,93)/t76?,77?,78-,79-,80-/m1/s1. The Kier molecular flexibility index (Phi) is 71.5. The summed E-state index contributed by atoms with van der Waals surface area (Å²) in [6.45, 7) is 14.3. The lowest BCUT2D eigenvalue weighted by Gasteiger charge is -2.21. The van der Waals surface area contributed by atoms with E-state index in [-0.39, 0.29) is 25.7 Å². The molecular formula is C84H164O17P2. The van der Waals surface area contributed by atoms with Gasteiger partial charge in [0.05, 0.1) is 26.4 Å². The van der Waals surface area contributed by atoms with Gasteiger partial charge in [-0.05, 0) is 49.4 Å². The van der Waals surface area contributed by atoms with E-state index in [9.17, 15) is 43.2 Å². The Hall–Kier alpha value is -1.94. The largest absolute Gasteiger partial charge is 0.472 e. The van der Waals surface area contributed by atoms with Gasteiger partial charge in [-0.25, -0.2) is 9.13 Å². The Morgan fingerprint density at radius 3 is 0.689 bits per heavy atom. The Morgan fingerprint density at radius 1 is 0.272 bits per heavy atom. The fourth-order valence-electron chi connectivity index (χ4n) is 12.9. The molecule has 0 saturated carbocycles. The highest BCUT2D eigenvalue weighted by Crippen LogP contribution is 2.45. The van der Waals surface area contributed by atoms with Crippen LogP contribution in [0.15, 0.2) is 0 Å². The predicted molar refractivity (Wildman–Crippen MR) is 423 cm³/mol. The van der Waals surface area contributed by atoms with Crippen molar-refractivity contribution in [3.63, 3.8) is 0 Å². The molecule has 0 spiro atoms. The van der Waals surface area contributed by atoms with Gasteiger partial charge in [0.2, 0.25) is 0 Å². The summed E-state index contributed by atoms with van der Waals surface area (Å²) in [6, 6.07) is 0. The number of carbonyl (C=O) groups is 4. The number of unbranched alkanes of at least 4 members (excludes halogenated alkanes) is 45. The number of ether oxygens (including phenoxy) is 4. The average Bonchev–Trinajstić information content (AvgIpc) is 0.915. The van der Waals surface area contributed by atoms with Crippen LogP contribution in [0.1, 0.15) is 434 Å². The first kappa shape index (κ1) is 101. The van der Waals surface area contributed by atoms with Crippen LogP contribution in [0.2, 0.25) is 0 Å². The van der Waals surface area contributed by atoms with Gasteiger partial charge in [0.1, 0.15) is 19.3 Å². The maximum atomic E-state index is 13.1. The summed E-state index contributed by atoms with van der Waals surface area (Å²) in [5.74, 6) is 1.06. The van der Waals surface area contributed by atoms with E-state index >= 15 is 0 Å². The second-order valence-electron chi connectivity index (χ2n) is 31.7. The summed E-state index contributed by atoms with van der Waals surface area (Å²) in [5, 5.41) is 10.7. The van der Waals surface area contributed by atoms with Crippen LogP contribution in [0.3, 0.4) is 0 Å². The molecule has 0 rings (SSSR count). The number of carbonyl (C=O) groups excluding carboxylic acids is 4. The van der Waals surface area contributed by atoms with E-state index < -0.39 is 97.5 Å².